The average Bonchev–Trinajstić information content (AvgIpc) is 2.06. The molecule has 2 nitrogen and oxygen atoms in total. The molecule has 1 aromatic rings. The number of nitrogen functional groups attached to an aromatic ring is 1. The summed E-state index contributed by atoms with van der Waals surface area (Å²) in [6, 6.07) is 4.90. The molecule has 0 aliphatic carbocycles. The number of hydrogen-bond acceptors (Lipinski definition) is 2. The minimum Gasteiger partial charge on any atom is -0.396 e. The van der Waals surface area contributed by atoms with E-state index in [0.717, 1.165) is 18.8 Å². The first kappa shape index (κ1) is 9.31. The lowest BCUT2D eigenvalue weighted by atomic mass is 9.84. The van der Waals surface area contributed by atoms with Gasteiger partial charge in [-0.25, -0.2) is 4.39 Å². The molecule has 0 spiro atoms. The molecular weight excluding hydrogens is 179 g/mol. The number of hydrogen-bond donors (Lipinski definition) is 1. The lowest BCUT2D eigenvalue weighted by Gasteiger charge is -2.47. The molecule has 76 valence electrons. The maximum absolute atomic E-state index is 12.9. The first-order chi connectivity index (χ1) is 6.48. The van der Waals surface area contributed by atoms with Gasteiger partial charge in [0.25, 0.3) is 0 Å². The molecule has 3 heteroatoms. The van der Waals surface area contributed by atoms with E-state index < -0.39 is 0 Å². The van der Waals surface area contributed by atoms with Crippen LogP contribution in [0.1, 0.15) is 13.8 Å². The SMILES string of the molecule is CC1(C)CN(c2ccc(F)c(N)c2)C1. The van der Waals surface area contributed by atoms with E-state index in [0.29, 0.717) is 5.41 Å². The molecule has 0 aromatic heterocycles. The van der Waals surface area contributed by atoms with Crippen molar-refractivity contribution in [1.29, 1.82) is 0 Å². The van der Waals surface area contributed by atoms with Gasteiger partial charge in [0.2, 0.25) is 0 Å². The van der Waals surface area contributed by atoms with Crippen molar-refractivity contribution in [2.24, 2.45) is 5.41 Å². The quantitative estimate of drug-likeness (QED) is 0.695. The van der Waals surface area contributed by atoms with Crippen molar-refractivity contribution in [2.75, 3.05) is 23.7 Å². The zero-order valence-corrected chi connectivity index (χ0v) is 8.55. The zero-order valence-electron chi connectivity index (χ0n) is 8.55. The topological polar surface area (TPSA) is 29.3 Å². The Morgan fingerprint density at radius 3 is 2.50 bits per heavy atom. The van der Waals surface area contributed by atoms with Crippen molar-refractivity contribution in [2.45, 2.75) is 13.8 Å². The Hall–Kier alpha value is -1.25. The highest BCUT2D eigenvalue weighted by Crippen LogP contribution is 2.34. The van der Waals surface area contributed by atoms with Crippen LogP contribution in [0.2, 0.25) is 0 Å². The highest BCUT2D eigenvalue weighted by molar-refractivity contribution is 5.58. The van der Waals surface area contributed by atoms with Crippen LogP contribution in [0.3, 0.4) is 0 Å². The van der Waals surface area contributed by atoms with E-state index in [-0.39, 0.29) is 11.5 Å². The van der Waals surface area contributed by atoms with Crippen molar-refractivity contribution >= 4 is 11.4 Å². The van der Waals surface area contributed by atoms with Gasteiger partial charge in [0.05, 0.1) is 5.69 Å². The van der Waals surface area contributed by atoms with E-state index >= 15 is 0 Å². The Kier molecular flexibility index (Phi) is 1.91. The minimum absolute atomic E-state index is 0.229. The summed E-state index contributed by atoms with van der Waals surface area (Å²) in [7, 11) is 0. The van der Waals surface area contributed by atoms with Crippen molar-refractivity contribution in [3.05, 3.63) is 24.0 Å². The molecule has 14 heavy (non-hydrogen) atoms. The Morgan fingerprint density at radius 2 is 2.00 bits per heavy atom. The van der Waals surface area contributed by atoms with E-state index in [1.165, 1.54) is 6.07 Å². The van der Waals surface area contributed by atoms with Gasteiger partial charge in [-0.15, -0.1) is 0 Å². The molecule has 0 radical (unpaired) electrons. The van der Waals surface area contributed by atoms with Crippen LogP contribution in [0.5, 0.6) is 0 Å². The van der Waals surface area contributed by atoms with E-state index in [1.807, 2.05) is 0 Å². The largest absolute Gasteiger partial charge is 0.396 e. The number of rotatable bonds is 1. The van der Waals surface area contributed by atoms with Gasteiger partial charge in [-0.2, -0.15) is 0 Å². The van der Waals surface area contributed by atoms with Gasteiger partial charge in [0, 0.05) is 18.8 Å². The maximum Gasteiger partial charge on any atom is 0.146 e. The molecule has 1 fully saturated rings. The highest BCUT2D eigenvalue weighted by atomic mass is 19.1. The standard InChI is InChI=1S/C11H15FN2/c1-11(2)6-14(7-11)8-3-4-9(12)10(13)5-8/h3-5H,6-7,13H2,1-2H3. The Balaban J connectivity index is 2.16. The average molecular weight is 194 g/mol. The summed E-state index contributed by atoms with van der Waals surface area (Å²) in [5.41, 5.74) is 7.13. The van der Waals surface area contributed by atoms with Crippen molar-refractivity contribution in [3.8, 4) is 0 Å². The fourth-order valence-electron chi connectivity index (χ4n) is 1.90. The van der Waals surface area contributed by atoms with Gasteiger partial charge in [0.15, 0.2) is 0 Å². The Bertz CT molecular complexity index is 352. The lowest BCUT2D eigenvalue weighted by Crippen LogP contribution is -2.53. The van der Waals surface area contributed by atoms with Crippen molar-refractivity contribution < 1.29 is 4.39 Å². The van der Waals surface area contributed by atoms with Crippen LogP contribution in [-0.4, -0.2) is 13.1 Å². The van der Waals surface area contributed by atoms with Crippen LogP contribution in [0, 0.1) is 11.2 Å². The molecule has 1 aromatic carbocycles. The van der Waals surface area contributed by atoms with Crippen LogP contribution in [0.25, 0.3) is 0 Å². The Morgan fingerprint density at radius 1 is 1.36 bits per heavy atom. The van der Waals surface area contributed by atoms with Gasteiger partial charge < -0.3 is 10.6 Å². The molecule has 1 heterocycles. The van der Waals surface area contributed by atoms with Crippen LogP contribution in [0.15, 0.2) is 18.2 Å². The molecule has 2 rings (SSSR count). The molecule has 0 saturated carbocycles. The molecule has 0 atom stereocenters. The number of anilines is 2. The first-order valence-corrected chi connectivity index (χ1v) is 4.78. The van der Waals surface area contributed by atoms with Gasteiger partial charge >= 0.3 is 0 Å². The predicted octanol–water partition coefficient (Wildman–Crippen LogP) is 2.25. The molecule has 0 amide bonds. The third-order valence-electron chi connectivity index (χ3n) is 2.58. The molecule has 0 bridgehead atoms. The number of halogens is 1. The Labute approximate surface area is 83.5 Å². The number of benzene rings is 1. The monoisotopic (exact) mass is 194 g/mol. The summed E-state index contributed by atoms with van der Waals surface area (Å²) < 4.78 is 12.9. The van der Waals surface area contributed by atoms with E-state index in [9.17, 15) is 4.39 Å². The zero-order chi connectivity index (χ0) is 10.3. The van der Waals surface area contributed by atoms with Crippen LogP contribution >= 0.6 is 0 Å². The third-order valence-corrected chi connectivity index (χ3v) is 2.58. The first-order valence-electron chi connectivity index (χ1n) is 4.78. The molecular formula is C11H15FN2. The third kappa shape index (κ3) is 1.54. The maximum atomic E-state index is 12.9. The smallest absolute Gasteiger partial charge is 0.146 e. The second-order valence-corrected chi connectivity index (χ2v) is 4.73. The second-order valence-electron chi connectivity index (χ2n) is 4.73. The van der Waals surface area contributed by atoms with Crippen LogP contribution < -0.4 is 10.6 Å². The normalized spacial score (nSPS) is 19.2. The summed E-state index contributed by atoms with van der Waals surface area (Å²) in [6.07, 6.45) is 0. The van der Waals surface area contributed by atoms with Gasteiger partial charge in [-0.05, 0) is 23.6 Å². The minimum atomic E-state index is -0.339. The lowest BCUT2D eigenvalue weighted by molar-refractivity contribution is 0.276. The fraction of sp³-hybridized carbons (Fsp3) is 0.455. The van der Waals surface area contributed by atoms with Gasteiger partial charge in [-0.1, -0.05) is 13.8 Å². The van der Waals surface area contributed by atoms with Crippen LogP contribution in [-0.2, 0) is 0 Å². The summed E-state index contributed by atoms with van der Waals surface area (Å²) >= 11 is 0. The second kappa shape index (κ2) is 2.87. The number of nitrogens with two attached hydrogens (primary N) is 1. The molecule has 0 unspecified atom stereocenters. The predicted molar refractivity (Wildman–Crippen MR) is 56.8 cm³/mol. The highest BCUT2D eigenvalue weighted by Gasteiger charge is 2.34. The van der Waals surface area contributed by atoms with E-state index in [4.69, 9.17) is 5.73 Å². The molecule has 1 aliphatic heterocycles. The van der Waals surface area contributed by atoms with Crippen LogP contribution in [0.4, 0.5) is 15.8 Å². The summed E-state index contributed by atoms with van der Waals surface area (Å²) in [5, 5.41) is 0. The van der Waals surface area contributed by atoms with Gasteiger partial charge in [0.1, 0.15) is 5.82 Å². The number of nitrogens with zero attached hydrogens (tertiary/aromatic N) is 1. The fourth-order valence-corrected chi connectivity index (χ4v) is 1.90. The van der Waals surface area contributed by atoms with Crippen molar-refractivity contribution in [3.63, 3.8) is 0 Å². The summed E-state index contributed by atoms with van der Waals surface area (Å²) in [5.74, 6) is -0.339. The molecule has 1 saturated heterocycles. The van der Waals surface area contributed by atoms with E-state index in [1.54, 1.807) is 12.1 Å². The summed E-state index contributed by atoms with van der Waals surface area (Å²) in [6.45, 7) is 6.46. The van der Waals surface area contributed by atoms with E-state index in [2.05, 4.69) is 18.7 Å². The van der Waals surface area contributed by atoms with Crippen molar-refractivity contribution in [1.82, 2.24) is 0 Å². The summed E-state index contributed by atoms with van der Waals surface area (Å²) in [4.78, 5) is 2.20. The molecule has 2 N–H and O–H groups in total. The van der Waals surface area contributed by atoms with Gasteiger partial charge in [-0.3, -0.25) is 0 Å². The molecule has 1 aliphatic rings.